The Morgan fingerprint density at radius 3 is 2.69 bits per heavy atom. The van der Waals surface area contributed by atoms with Gasteiger partial charge in [-0.1, -0.05) is 11.8 Å². The van der Waals surface area contributed by atoms with E-state index in [2.05, 4.69) is 11.8 Å². The highest BCUT2D eigenvalue weighted by atomic mass is 35.5. The third-order valence-electron chi connectivity index (χ3n) is 1.14. The second kappa shape index (κ2) is 4.11. The highest BCUT2D eigenvalue weighted by Crippen LogP contribution is 2.18. The lowest BCUT2D eigenvalue weighted by Gasteiger charge is -1.87. The molecule has 0 saturated heterocycles. The fourth-order valence-electron chi connectivity index (χ4n) is 0.661. The van der Waals surface area contributed by atoms with Crippen molar-refractivity contribution in [1.82, 2.24) is 0 Å². The Kier molecular flexibility index (Phi) is 3.33. The van der Waals surface area contributed by atoms with Gasteiger partial charge in [0.15, 0.2) is 0 Å². The van der Waals surface area contributed by atoms with Gasteiger partial charge in [0.2, 0.25) is 10.0 Å². The monoisotopic (exact) mass is 235 g/mol. The van der Waals surface area contributed by atoms with E-state index in [1.807, 2.05) is 0 Å². The Morgan fingerprint density at radius 1 is 1.54 bits per heavy atom. The van der Waals surface area contributed by atoms with Gasteiger partial charge in [-0.2, -0.15) is 0 Å². The third kappa shape index (κ3) is 3.01. The van der Waals surface area contributed by atoms with E-state index in [0.717, 1.165) is 11.3 Å². The maximum absolute atomic E-state index is 10.8. The zero-order chi connectivity index (χ0) is 9.90. The van der Waals surface area contributed by atoms with Gasteiger partial charge in [-0.25, -0.2) is 13.6 Å². The quantitative estimate of drug-likeness (QED) is 0.583. The second-order valence-electron chi connectivity index (χ2n) is 2.10. The highest BCUT2D eigenvalue weighted by Gasteiger charge is 2.09. The SMILES string of the molecule is NS(=O)(=O)c1ccc(C#CCCl)s1. The van der Waals surface area contributed by atoms with Crippen molar-refractivity contribution < 1.29 is 8.42 Å². The molecule has 1 aromatic heterocycles. The first kappa shape index (κ1) is 10.5. The first-order chi connectivity index (χ1) is 6.04. The molecular weight excluding hydrogens is 230 g/mol. The second-order valence-corrected chi connectivity index (χ2v) is 5.24. The van der Waals surface area contributed by atoms with Crippen LogP contribution in [0.4, 0.5) is 0 Å². The summed E-state index contributed by atoms with van der Waals surface area (Å²) in [7, 11) is -3.59. The molecule has 0 spiro atoms. The van der Waals surface area contributed by atoms with Gasteiger partial charge in [-0.05, 0) is 12.1 Å². The summed E-state index contributed by atoms with van der Waals surface area (Å²) < 4.78 is 21.8. The van der Waals surface area contributed by atoms with Crippen molar-refractivity contribution in [1.29, 1.82) is 0 Å². The summed E-state index contributed by atoms with van der Waals surface area (Å²) in [5.41, 5.74) is 0. The number of nitrogens with two attached hydrogens (primary N) is 1. The van der Waals surface area contributed by atoms with Crippen molar-refractivity contribution in [2.24, 2.45) is 5.14 Å². The van der Waals surface area contributed by atoms with Gasteiger partial charge in [-0.15, -0.1) is 22.9 Å². The Bertz CT molecular complexity index is 452. The molecule has 0 atom stereocenters. The predicted octanol–water partition coefficient (Wildman–Crippen LogP) is 0.986. The number of halogens is 1. The van der Waals surface area contributed by atoms with Gasteiger partial charge in [0.1, 0.15) is 4.21 Å². The van der Waals surface area contributed by atoms with E-state index in [-0.39, 0.29) is 10.1 Å². The summed E-state index contributed by atoms with van der Waals surface area (Å²) in [4.78, 5) is 0.643. The lowest BCUT2D eigenvalue weighted by Crippen LogP contribution is -2.09. The van der Waals surface area contributed by atoms with E-state index in [9.17, 15) is 8.42 Å². The molecule has 0 aliphatic rings. The molecule has 0 unspecified atom stereocenters. The molecule has 0 amide bonds. The van der Waals surface area contributed by atoms with Gasteiger partial charge >= 0.3 is 0 Å². The average Bonchev–Trinajstić information content (AvgIpc) is 2.47. The highest BCUT2D eigenvalue weighted by molar-refractivity contribution is 7.91. The lowest BCUT2D eigenvalue weighted by molar-refractivity contribution is 0.600. The largest absolute Gasteiger partial charge is 0.247 e. The van der Waals surface area contributed by atoms with E-state index in [4.69, 9.17) is 16.7 Å². The minimum Gasteiger partial charge on any atom is -0.224 e. The number of thiophene rings is 1. The zero-order valence-corrected chi connectivity index (χ0v) is 8.84. The van der Waals surface area contributed by atoms with Crippen LogP contribution in [0.1, 0.15) is 4.88 Å². The molecule has 2 N–H and O–H groups in total. The lowest BCUT2D eigenvalue weighted by atomic mass is 10.5. The minimum absolute atomic E-state index is 0.117. The Labute approximate surface area is 85.6 Å². The van der Waals surface area contributed by atoms with Crippen LogP contribution in [0.5, 0.6) is 0 Å². The maximum Gasteiger partial charge on any atom is 0.247 e. The van der Waals surface area contributed by atoms with Crippen molar-refractivity contribution in [2.45, 2.75) is 4.21 Å². The zero-order valence-electron chi connectivity index (χ0n) is 6.45. The Hall–Kier alpha value is -0.540. The standard InChI is InChI=1S/C7H6ClNO2S2/c8-5-1-2-6-3-4-7(12-6)13(9,10)11/h3-4H,5H2,(H2,9,10,11). The van der Waals surface area contributed by atoms with Crippen LogP contribution in [-0.2, 0) is 10.0 Å². The first-order valence-electron chi connectivity index (χ1n) is 3.21. The van der Waals surface area contributed by atoms with Crippen LogP contribution in [0.25, 0.3) is 0 Å². The molecular formula is C7H6ClNO2S2. The molecule has 0 fully saturated rings. The number of sulfonamides is 1. The van der Waals surface area contributed by atoms with E-state index in [1.54, 1.807) is 6.07 Å². The van der Waals surface area contributed by atoms with Crippen LogP contribution in [0, 0.1) is 11.8 Å². The average molecular weight is 236 g/mol. The van der Waals surface area contributed by atoms with Crippen LogP contribution in [0.15, 0.2) is 16.3 Å². The number of hydrogen-bond donors (Lipinski definition) is 1. The van der Waals surface area contributed by atoms with Crippen molar-refractivity contribution in [3.63, 3.8) is 0 Å². The summed E-state index contributed by atoms with van der Waals surface area (Å²) in [5.74, 6) is 5.55. The third-order valence-corrected chi connectivity index (χ3v) is 3.71. The summed E-state index contributed by atoms with van der Waals surface area (Å²) in [6.45, 7) is 0. The summed E-state index contributed by atoms with van der Waals surface area (Å²) in [6.07, 6.45) is 0. The molecule has 13 heavy (non-hydrogen) atoms. The molecule has 0 aliphatic heterocycles. The van der Waals surface area contributed by atoms with Gasteiger partial charge in [0.25, 0.3) is 0 Å². The van der Waals surface area contributed by atoms with E-state index >= 15 is 0 Å². The molecule has 1 aromatic rings. The van der Waals surface area contributed by atoms with E-state index in [1.165, 1.54) is 6.07 Å². The van der Waals surface area contributed by atoms with Gasteiger partial charge in [0.05, 0.1) is 10.8 Å². The number of hydrogen-bond acceptors (Lipinski definition) is 3. The Morgan fingerprint density at radius 2 is 2.23 bits per heavy atom. The van der Waals surface area contributed by atoms with Gasteiger partial charge in [-0.3, -0.25) is 0 Å². The Balaban J connectivity index is 3.01. The van der Waals surface area contributed by atoms with Gasteiger partial charge < -0.3 is 0 Å². The van der Waals surface area contributed by atoms with Crippen LogP contribution < -0.4 is 5.14 Å². The van der Waals surface area contributed by atoms with Crippen molar-refractivity contribution >= 4 is 33.0 Å². The van der Waals surface area contributed by atoms with Crippen LogP contribution >= 0.6 is 22.9 Å². The molecule has 1 rings (SSSR count). The van der Waals surface area contributed by atoms with Crippen molar-refractivity contribution in [2.75, 3.05) is 5.88 Å². The molecule has 70 valence electrons. The van der Waals surface area contributed by atoms with Crippen LogP contribution in [0.2, 0.25) is 0 Å². The normalized spacial score (nSPS) is 10.6. The maximum atomic E-state index is 10.8. The molecule has 0 aliphatic carbocycles. The number of rotatable bonds is 1. The number of alkyl halides is 1. The fourth-order valence-corrected chi connectivity index (χ4v) is 2.33. The van der Waals surface area contributed by atoms with Crippen molar-refractivity contribution in [3.05, 3.63) is 17.0 Å². The van der Waals surface area contributed by atoms with Crippen LogP contribution in [-0.4, -0.2) is 14.3 Å². The first-order valence-corrected chi connectivity index (χ1v) is 6.11. The molecule has 1 heterocycles. The van der Waals surface area contributed by atoms with E-state index in [0.29, 0.717) is 4.88 Å². The molecule has 0 radical (unpaired) electrons. The van der Waals surface area contributed by atoms with Crippen LogP contribution in [0.3, 0.4) is 0 Å². The molecule has 0 saturated carbocycles. The van der Waals surface area contributed by atoms with Crippen molar-refractivity contribution in [3.8, 4) is 11.8 Å². The predicted molar refractivity (Wildman–Crippen MR) is 53.3 cm³/mol. The molecule has 6 heteroatoms. The molecule has 3 nitrogen and oxygen atoms in total. The van der Waals surface area contributed by atoms with E-state index < -0.39 is 10.0 Å². The summed E-state index contributed by atoms with van der Waals surface area (Å²) >= 11 is 6.37. The molecule has 0 aromatic carbocycles. The summed E-state index contributed by atoms with van der Waals surface area (Å²) in [5, 5.41) is 4.91. The minimum atomic E-state index is -3.59. The number of primary sulfonamides is 1. The summed E-state index contributed by atoms with van der Waals surface area (Å²) in [6, 6.07) is 3.03. The smallest absolute Gasteiger partial charge is 0.224 e. The topological polar surface area (TPSA) is 60.2 Å². The van der Waals surface area contributed by atoms with Gasteiger partial charge in [0, 0.05) is 0 Å². The molecule has 0 bridgehead atoms. The fraction of sp³-hybridized carbons (Fsp3) is 0.143.